The first-order valence-electron chi connectivity index (χ1n) is 6.19. The van der Waals surface area contributed by atoms with Gasteiger partial charge in [-0.3, -0.25) is 5.32 Å². The number of alkyl halides is 3. The van der Waals surface area contributed by atoms with Crippen molar-refractivity contribution in [3.05, 3.63) is 29.3 Å². The summed E-state index contributed by atoms with van der Waals surface area (Å²) >= 11 is 22.6. The van der Waals surface area contributed by atoms with Crippen molar-refractivity contribution in [1.82, 2.24) is 10.6 Å². The summed E-state index contributed by atoms with van der Waals surface area (Å²) in [6.45, 7) is 3.90. The van der Waals surface area contributed by atoms with E-state index in [2.05, 4.69) is 20.7 Å². The number of aryl methyl sites for hydroxylation is 2. The van der Waals surface area contributed by atoms with Gasteiger partial charge in [0.25, 0.3) is 0 Å². The number of anilines is 1. The predicted molar refractivity (Wildman–Crippen MR) is 94.9 cm³/mol. The molecule has 1 aromatic rings. The Bertz CT molecular complexity index is 564. The fourth-order valence-electron chi connectivity index (χ4n) is 1.54. The number of thiocarbonyl (C=S) groups is 1. The minimum Gasteiger partial charge on any atom is -0.453 e. The molecule has 1 unspecified atom stereocenters. The second-order valence-electron chi connectivity index (χ2n) is 4.53. The number of ether oxygens (including phenoxy) is 1. The van der Waals surface area contributed by atoms with E-state index in [0.717, 1.165) is 16.8 Å². The lowest BCUT2D eigenvalue weighted by molar-refractivity contribution is 0.166. The molecule has 0 saturated heterocycles. The number of amides is 1. The van der Waals surface area contributed by atoms with E-state index in [1.807, 2.05) is 32.0 Å². The molecule has 0 aliphatic heterocycles. The molecule has 0 aliphatic rings. The van der Waals surface area contributed by atoms with Gasteiger partial charge in [-0.25, -0.2) is 4.79 Å². The fourth-order valence-corrected chi connectivity index (χ4v) is 2.09. The number of nitrogens with one attached hydrogen (secondary N) is 3. The van der Waals surface area contributed by atoms with Gasteiger partial charge in [-0.2, -0.15) is 0 Å². The van der Waals surface area contributed by atoms with Crippen LogP contribution in [0.1, 0.15) is 11.1 Å². The van der Waals surface area contributed by atoms with E-state index in [4.69, 9.17) is 47.0 Å². The number of alkyl carbamates (subject to hydrolysis) is 1. The molecular formula is C13H16Cl3N3O2S. The summed E-state index contributed by atoms with van der Waals surface area (Å²) in [6, 6.07) is 5.88. The second-order valence-corrected chi connectivity index (χ2v) is 7.30. The predicted octanol–water partition coefficient (Wildman–Crippen LogP) is 3.64. The highest BCUT2D eigenvalue weighted by molar-refractivity contribution is 7.80. The maximum atomic E-state index is 11.3. The smallest absolute Gasteiger partial charge is 0.408 e. The molecule has 0 radical (unpaired) electrons. The summed E-state index contributed by atoms with van der Waals surface area (Å²) in [7, 11) is 1.21. The van der Waals surface area contributed by atoms with Gasteiger partial charge in [-0.1, -0.05) is 46.9 Å². The summed E-state index contributed by atoms with van der Waals surface area (Å²) in [6.07, 6.45) is -1.81. The van der Waals surface area contributed by atoms with Gasteiger partial charge in [-0.15, -0.1) is 0 Å². The lowest BCUT2D eigenvalue weighted by Crippen LogP contribution is -2.56. The van der Waals surface area contributed by atoms with Crippen LogP contribution in [0.25, 0.3) is 0 Å². The maximum Gasteiger partial charge on any atom is 0.408 e. The Morgan fingerprint density at radius 1 is 1.27 bits per heavy atom. The highest BCUT2D eigenvalue weighted by Gasteiger charge is 2.35. The average Bonchev–Trinajstić information content (AvgIpc) is 2.41. The molecule has 0 spiro atoms. The average molecular weight is 385 g/mol. The van der Waals surface area contributed by atoms with E-state index in [1.165, 1.54) is 7.11 Å². The molecule has 0 aromatic heterocycles. The molecule has 0 aliphatic carbocycles. The van der Waals surface area contributed by atoms with Gasteiger partial charge in [0.05, 0.1) is 7.11 Å². The Hall–Kier alpha value is -0.950. The van der Waals surface area contributed by atoms with Crippen molar-refractivity contribution in [2.24, 2.45) is 0 Å². The molecule has 0 bridgehead atoms. The van der Waals surface area contributed by atoms with Gasteiger partial charge >= 0.3 is 6.09 Å². The summed E-state index contributed by atoms with van der Waals surface area (Å²) in [5, 5.41) is 8.28. The van der Waals surface area contributed by atoms with Crippen LogP contribution in [-0.4, -0.2) is 28.3 Å². The zero-order valence-electron chi connectivity index (χ0n) is 12.2. The van der Waals surface area contributed by atoms with Crippen LogP contribution in [0.15, 0.2) is 18.2 Å². The molecular weight excluding hydrogens is 369 g/mol. The molecule has 3 N–H and O–H groups in total. The van der Waals surface area contributed by atoms with Crippen molar-refractivity contribution in [2.45, 2.75) is 23.8 Å². The standard InChI is InChI=1S/C13H16Cl3N3O2S/c1-7-4-5-8(2)9(6-7)17-11(22)18-10(13(14,15)16)19-12(20)21-3/h4-6,10H,1-3H3,(H,19,20)(H2,17,18,22). The molecule has 0 heterocycles. The van der Waals surface area contributed by atoms with E-state index in [0.29, 0.717) is 0 Å². The first-order chi connectivity index (χ1) is 10.1. The molecule has 1 aromatic carbocycles. The van der Waals surface area contributed by atoms with Crippen molar-refractivity contribution in [2.75, 3.05) is 12.4 Å². The van der Waals surface area contributed by atoms with Gasteiger partial charge in [0, 0.05) is 5.69 Å². The van der Waals surface area contributed by atoms with E-state index < -0.39 is 16.1 Å². The highest BCUT2D eigenvalue weighted by atomic mass is 35.6. The lowest BCUT2D eigenvalue weighted by Gasteiger charge is -2.27. The molecule has 5 nitrogen and oxygen atoms in total. The third-order valence-electron chi connectivity index (χ3n) is 2.69. The van der Waals surface area contributed by atoms with Gasteiger partial charge in [0.2, 0.25) is 3.79 Å². The van der Waals surface area contributed by atoms with Crippen molar-refractivity contribution in [1.29, 1.82) is 0 Å². The first-order valence-corrected chi connectivity index (χ1v) is 7.73. The molecule has 122 valence electrons. The number of carbonyl (C=O) groups excluding carboxylic acids is 1. The largest absolute Gasteiger partial charge is 0.453 e. The summed E-state index contributed by atoms with van der Waals surface area (Å²) in [5.41, 5.74) is 2.89. The number of hydrogen-bond acceptors (Lipinski definition) is 3. The second kappa shape index (κ2) is 8.06. The Balaban J connectivity index is 2.79. The summed E-state index contributed by atoms with van der Waals surface area (Å²) < 4.78 is 2.66. The topological polar surface area (TPSA) is 62.4 Å². The molecule has 22 heavy (non-hydrogen) atoms. The number of hydrogen-bond donors (Lipinski definition) is 3. The minimum absolute atomic E-state index is 0.196. The third-order valence-corrected chi connectivity index (χ3v) is 3.57. The summed E-state index contributed by atoms with van der Waals surface area (Å²) in [5.74, 6) is 0. The number of methoxy groups -OCH3 is 1. The van der Waals surface area contributed by atoms with Crippen LogP contribution in [0.5, 0.6) is 0 Å². The fraction of sp³-hybridized carbons (Fsp3) is 0.385. The van der Waals surface area contributed by atoms with Crippen molar-refractivity contribution in [3.8, 4) is 0 Å². The van der Waals surface area contributed by atoms with E-state index in [1.54, 1.807) is 0 Å². The Labute approximate surface area is 149 Å². The van der Waals surface area contributed by atoms with Gasteiger partial charge in [0.15, 0.2) is 11.3 Å². The molecule has 1 rings (SSSR count). The van der Waals surface area contributed by atoms with Crippen LogP contribution < -0.4 is 16.0 Å². The van der Waals surface area contributed by atoms with Crippen molar-refractivity contribution in [3.63, 3.8) is 0 Å². The number of rotatable bonds is 3. The van der Waals surface area contributed by atoms with Gasteiger partial charge in [0.1, 0.15) is 0 Å². The maximum absolute atomic E-state index is 11.3. The molecule has 1 amide bonds. The van der Waals surface area contributed by atoms with Crippen LogP contribution in [-0.2, 0) is 4.74 Å². The van der Waals surface area contributed by atoms with Crippen LogP contribution in [0.3, 0.4) is 0 Å². The summed E-state index contributed by atoms with van der Waals surface area (Å²) in [4.78, 5) is 11.3. The molecule has 0 saturated carbocycles. The van der Waals surface area contributed by atoms with Crippen LogP contribution in [0.4, 0.5) is 10.5 Å². The number of benzene rings is 1. The quantitative estimate of drug-likeness (QED) is 0.422. The van der Waals surface area contributed by atoms with E-state index in [9.17, 15) is 4.79 Å². The van der Waals surface area contributed by atoms with Crippen molar-refractivity contribution < 1.29 is 9.53 Å². The normalized spacial score (nSPS) is 12.3. The molecule has 9 heteroatoms. The highest BCUT2D eigenvalue weighted by Crippen LogP contribution is 2.29. The zero-order valence-corrected chi connectivity index (χ0v) is 15.3. The van der Waals surface area contributed by atoms with Crippen molar-refractivity contribution >= 4 is 63.9 Å². The van der Waals surface area contributed by atoms with Crippen LogP contribution >= 0.6 is 47.0 Å². The number of halogens is 3. The molecule has 1 atom stereocenters. The molecule has 0 fully saturated rings. The minimum atomic E-state index is -1.82. The van der Waals surface area contributed by atoms with Crippen LogP contribution in [0, 0.1) is 13.8 Å². The van der Waals surface area contributed by atoms with E-state index >= 15 is 0 Å². The monoisotopic (exact) mass is 383 g/mol. The third kappa shape index (κ3) is 6.04. The van der Waals surface area contributed by atoms with Gasteiger partial charge in [-0.05, 0) is 43.3 Å². The Kier molecular flexibility index (Phi) is 6.99. The SMILES string of the molecule is COC(=O)NC(NC(=S)Nc1cc(C)ccc1C)C(Cl)(Cl)Cl. The zero-order chi connectivity index (χ0) is 16.9. The Morgan fingerprint density at radius 2 is 1.91 bits per heavy atom. The number of carbonyl (C=O) groups is 1. The van der Waals surface area contributed by atoms with Crippen LogP contribution in [0.2, 0.25) is 0 Å². The van der Waals surface area contributed by atoms with Gasteiger partial charge < -0.3 is 15.4 Å². The van der Waals surface area contributed by atoms with E-state index in [-0.39, 0.29) is 5.11 Å². The Morgan fingerprint density at radius 3 is 2.45 bits per heavy atom. The lowest BCUT2D eigenvalue weighted by atomic mass is 10.1. The first kappa shape index (κ1) is 19.1.